The molecule has 128 valence electrons. The Hall–Kier alpha value is -2.53. The van der Waals surface area contributed by atoms with E-state index >= 15 is 0 Å². The minimum absolute atomic E-state index is 0.0317. The highest BCUT2D eigenvalue weighted by Gasteiger charge is 2.18. The van der Waals surface area contributed by atoms with Gasteiger partial charge in [0.1, 0.15) is 0 Å². The quantitative estimate of drug-likeness (QED) is 0.758. The van der Waals surface area contributed by atoms with Gasteiger partial charge in [-0.2, -0.15) is 0 Å². The van der Waals surface area contributed by atoms with Gasteiger partial charge in [-0.3, -0.25) is 9.78 Å². The third-order valence-electron chi connectivity index (χ3n) is 4.08. The number of hydrogen-bond donors (Lipinski definition) is 1. The van der Waals surface area contributed by atoms with Gasteiger partial charge in [-0.1, -0.05) is 29.8 Å². The summed E-state index contributed by atoms with van der Waals surface area (Å²) in [5, 5.41) is 4.14. The molecule has 1 N–H and O–H groups in total. The van der Waals surface area contributed by atoms with Crippen molar-refractivity contribution in [2.45, 2.75) is 33.2 Å². The van der Waals surface area contributed by atoms with Gasteiger partial charge in [0.2, 0.25) is 5.91 Å². The molecule has 1 aromatic carbocycles. The van der Waals surface area contributed by atoms with Crippen LogP contribution in [0.2, 0.25) is 0 Å². The number of nitrogens with one attached hydrogen (secondary N) is 1. The molecule has 0 saturated heterocycles. The Morgan fingerprint density at radius 1 is 1.04 bits per heavy atom. The number of thiazole rings is 1. The van der Waals surface area contributed by atoms with Crippen molar-refractivity contribution in [3.05, 3.63) is 81.1 Å². The van der Waals surface area contributed by atoms with Crippen molar-refractivity contribution in [2.24, 2.45) is 0 Å². The number of pyridine rings is 1. The van der Waals surface area contributed by atoms with Crippen LogP contribution in [0.1, 0.15) is 38.3 Å². The highest BCUT2D eigenvalue weighted by atomic mass is 32.1. The zero-order chi connectivity index (χ0) is 17.8. The molecule has 1 amide bonds. The van der Waals surface area contributed by atoms with Crippen molar-refractivity contribution in [3.8, 4) is 0 Å². The Morgan fingerprint density at radius 3 is 2.28 bits per heavy atom. The molecule has 0 aliphatic rings. The van der Waals surface area contributed by atoms with Gasteiger partial charge in [0.25, 0.3) is 0 Å². The van der Waals surface area contributed by atoms with E-state index < -0.39 is 0 Å². The van der Waals surface area contributed by atoms with E-state index in [-0.39, 0.29) is 11.9 Å². The van der Waals surface area contributed by atoms with Gasteiger partial charge in [-0.25, -0.2) is 4.98 Å². The number of benzene rings is 1. The van der Waals surface area contributed by atoms with Crippen molar-refractivity contribution in [2.75, 3.05) is 0 Å². The summed E-state index contributed by atoms with van der Waals surface area (Å²) in [5.41, 5.74) is 4.12. The Labute approximate surface area is 152 Å². The fourth-order valence-corrected chi connectivity index (χ4v) is 3.61. The Bertz CT molecular complexity index is 856. The molecule has 25 heavy (non-hydrogen) atoms. The molecular weight excluding hydrogens is 330 g/mol. The van der Waals surface area contributed by atoms with Crippen LogP contribution in [0.3, 0.4) is 0 Å². The molecule has 3 aromatic rings. The fourth-order valence-electron chi connectivity index (χ4n) is 2.77. The fraction of sp³-hybridized carbons (Fsp3) is 0.250. The van der Waals surface area contributed by atoms with Crippen molar-refractivity contribution < 1.29 is 4.79 Å². The predicted octanol–water partition coefficient (Wildman–Crippen LogP) is 3.91. The van der Waals surface area contributed by atoms with Gasteiger partial charge >= 0.3 is 0 Å². The number of carbonyl (C=O) groups excluding carboxylic acids is 1. The number of aromatic nitrogens is 2. The molecule has 0 radical (unpaired) electrons. The van der Waals surface area contributed by atoms with Crippen LogP contribution in [0.15, 0.2) is 48.8 Å². The number of aryl methyl sites for hydroxylation is 3. The van der Waals surface area contributed by atoms with Crippen LogP contribution in [0.25, 0.3) is 0 Å². The van der Waals surface area contributed by atoms with Crippen LogP contribution in [0, 0.1) is 20.8 Å². The molecule has 0 bridgehead atoms. The van der Waals surface area contributed by atoms with Crippen molar-refractivity contribution in [1.82, 2.24) is 15.3 Å². The van der Waals surface area contributed by atoms with Crippen LogP contribution in [0.4, 0.5) is 0 Å². The first-order valence-electron chi connectivity index (χ1n) is 8.21. The van der Waals surface area contributed by atoms with Gasteiger partial charge in [-0.05, 0) is 44.0 Å². The standard InChI is InChI=1S/C20H21N3OS/c1-13-4-6-16(7-5-13)20(17-8-10-21-11-9-17)23-19(24)12-18-14(2)25-15(3)22-18/h4-11,20H,12H2,1-3H3,(H,23,24)/t20-/m0/s1. The van der Waals surface area contributed by atoms with Gasteiger partial charge in [0.05, 0.1) is 23.2 Å². The number of amides is 1. The highest BCUT2D eigenvalue weighted by Crippen LogP contribution is 2.23. The summed E-state index contributed by atoms with van der Waals surface area (Å²) in [6.07, 6.45) is 3.79. The summed E-state index contributed by atoms with van der Waals surface area (Å²) in [5.74, 6) is -0.0317. The summed E-state index contributed by atoms with van der Waals surface area (Å²) < 4.78 is 0. The molecule has 2 heterocycles. The van der Waals surface area contributed by atoms with Crippen molar-refractivity contribution in [1.29, 1.82) is 0 Å². The number of carbonyl (C=O) groups is 1. The molecule has 3 rings (SSSR count). The SMILES string of the molecule is Cc1ccc([C@H](NC(=O)Cc2nc(C)sc2C)c2ccncc2)cc1. The van der Waals surface area contributed by atoms with Gasteiger partial charge in [-0.15, -0.1) is 11.3 Å². The second kappa shape index (κ2) is 7.57. The smallest absolute Gasteiger partial charge is 0.226 e. The molecular formula is C20H21N3OS. The number of nitrogens with zero attached hydrogens (tertiary/aromatic N) is 2. The topological polar surface area (TPSA) is 54.9 Å². The maximum atomic E-state index is 12.6. The summed E-state index contributed by atoms with van der Waals surface area (Å²) in [6.45, 7) is 6.02. The van der Waals surface area contributed by atoms with Crippen molar-refractivity contribution in [3.63, 3.8) is 0 Å². The van der Waals surface area contributed by atoms with Crippen LogP contribution in [0.5, 0.6) is 0 Å². The first-order valence-corrected chi connectivity index (χ1v) is 9.03. The molecule has 4 nitrogen and oxygen atoms in total. The molecule has 0 unspecified atom stereocenters. The number of hydrogen-bond acceptors (Lipinski definition) is 4. The van der Waals surface area contributed by atoms with E-state index in [1.54, 1.807) is 23.7 Å². The summed E-state index contributed by atoms with van der Waals surface area (Å²) in [4.78, 5) is 22.3. The van der Waals surface area contributed by atoms with E-state index in [9.17, 15) is 4.79 Å². The summed E-state index contributed by atoms with van der Waals surface area (Å²) >= 11 is 1.63. The van der Waals surface area contributed by atoms with E-state index in [1.807, 2.05) is 26.0 Å². The molecule has 0 spiro atoms. The Kier molecular flexibility index (Phi) is 5.24. The van der Waals surface area contributed by atoms with E-state index in [2.05, 4.69) is 46.5 Å². The van der Waals surface area contributed by atoms with Gasteiger partial charge in [0, 0.05) is 17.3 Å². The lowest BCUT2D eigenvalue weighted by Crippen LogP contribution is -2.30. The molecule has 2 aromatic heterocycles. The average Bonchev–Trinajstić information content (AvgIpc) is 2.91. The molecule has 0 aliphatic heterocycles. The monoisotopic (exact) mass is 351 g/mol. The summed E-state index contributed by atoms with van der Waals surface area (Å²) in [6, 6.07) is 11.9. The highest BCUT2D eigenvalue weighted by molar-refractivity contribution is 7.11. The average molecular weight is 351 g/mol. The van der Waals surface area contributed by atoms with Crippen LogP contribution in [-0.2, 0) is 11.2 Å². The van der Waals surface area contributed by atoms with Crippen LogP contribution >= 0.6 is 11.3 Å². The Balaban J connectivity index is 1.83. The normalized spacial score (nSPS) is 12.0. The zero-order valence-electron chi connectivity index (χ0n) is 14.6. The largest absolute Gasteiger partial charge is 0.345 e. The van der Waals surface area contributed by atoms with E-state index in [1.165, 1.54) is 5.56 Å². The maximum Gasteiger partial charge on any atom is 0.226 e. The number of rotatable bonds is 5. The second-order valence-corrected chi connectivity index (χ2v) is 7.51. The van der Waals surface area contributed by atoms with E-state index in [0.29, 0.717) is 6.42 Å². The first-order chi connectivity index (χ1) is 12.0. The molecule has 0 aliphatic carbocycles. The molecule has 5 heteroatoms. The first kappa shape index (κ1) is 17.3. The lowest BCUT2D eigenvalue weighted by atomic mass is 9.98. The second-order valence-electron chi connectivity index (χ2n) is 6.10. The lowest BCUT2D eigenvalue weighted by Gasteiger charge is -2.20. The van der Waals surface area contributed by atoms with Crippen molar-refractivity contribution >= 4 is 17.2 Å². The van der Waals surface area contributed by atoms with Gasteiger partial charge in [0.15, 0.2) is 0 Å². The zero-order valence-corrected chi connectivity index (χ0v) is 15.4. The van der Waals surface area contributed by atoms with E-state index in [0.717, 1.165) is 26.7 Å². The molecule has 0 saturated carbocycles. The maximum absolute atomic E-state index is 12.6. The lowest BCUT2D eigenvalue weighted by molar-refractivity contribution is -0.121. The van der Waals surface area contributed by atoms with Gasteiger partial charge < -0.3 is 5.32 Å². The summed E-state index contributed by atoms with van der Waals surface area (Å²) in [7, 11) is 0. The minimum atomic E-state index is -0.198. The van der Waals surface area contributed by atoms with E-state index in [4.69, 9.17) is 0 Å². The van der Waals surface area contributed by atoms with Crippen LogP contribution < -0.4 is 5.32 Å². The molecule has 0 fully saturated rings. The third-order valence-corrected chi connectivity index (χ3v) is 5.01. The minimum Gasteiger partial charge on any atom is -0.345 e. The molecule has 1 atom stereocenters. The predicted molar refractivity (Wildman–Crippen MR) is 101 cm³/mol. The third kappa shape index (κ3) is 4.31. The van der Waals surface area contributed by atoms with Crippen LogP contribution in [-0.4, -0.2) is 15.9 Å². The Morgan fingerprint density at radius 2 is 1.68 bits per heavy atom.